The normalized spacial score (nSPS) is 10.9. The molecule has 1 N–H and O–H groups in total. The highest BCUT2D eigenvalue weighted by atomic mass is 16.5. The lowest BCUT2D eigenvalue weighted by Crippen LogP contribution is -2.27. The monoisotopic (exact) mass is 443 g/mol. The Morgan fingerprint density at radius 1 is 1.09 bits per heavy atom. The van der Waals surface area contributed by atoms with Crippen LogP contribution in [0.3, 0.4) is 0 Å². The summed E-state index contributed by atoms with van der Waals surface area (Å²) in [5, 5.41) is 2.79. The Bertz CT molecular complexity index is 1290. The van der Waals surface area contributed by atoms with Gasteiger partial charge in [0.1, 0.15) is 12.4 Å². The highest BCUT2D eigenvalue weighted by Crippen LogP contribution is 2.29. The first-order valence-corrected chi connectivity index (χ1v) is 10.5. The van der Waals surface area contributed by atoms with Crippen molar-refractivity contribution in [2.24, 2.45) is 7.05 Å². The van der Waals surface area contributed by atoms with Crippen LogP contribution >= 0.6 is 0 Å². The predicted octanol–water partition coefficient (Wildman–Crippen LogP) is 3.49. The summed E-state index contributed by atoms with van der Waals surface area (Å²) in [6.07, 6.45) is 3.40. The molecular formula is C25H25N5O3. The van der Waals surface area contributed by atoms with Crippen molar-refractivity contribution in [1.82, 2.24) is 19.4 Å². The molecule has 4 aromatic rings. The van der Waals surface area contributed by atoms with E-state index in [0.717, 1.165) is 11.1 Å². The summed E-state index contributed by atoms with van der Waals surface area (Å²) in [6, 6.07) is 17.0. The highest BCUT2D eigenvalue weighted by molar-refractivity contribution is 6.08. The molecule has 0 spiro atoms. The number of pyridine rings is 1. The predicted molar refractivity (Wildman–Crippen MR) is 127 cm³/mol. The van der Waals surface area contributed by atoms with Crippen LogP contribution in [0.15, 0.2) is 67.0 Å². The number of anilines is 1. The smallest absolute Gasteiger partial charge is 0.256 e. The maximum absolute atomic E-state index is 13.6. The molecule has 0 radical (unpaired) electrons. The van der Waals surface area contributed by atoms with Crippen LogP contribution in [0.1, 0.15) is 15.9 Å². The summed E-state index contributed by atoms with van der Waals surface area (Å²) in [7, 11) is 5.09. The molecule has 2 aromatic carbocycles. The number of imidazole rings is 1. The van der Waals surface area contributed by atoms with E-state index >= 15 is 0 Å². The molecule has 0 unspecified atom stereocenters. The standard InChI is InChI=1S/C25H25N5O3/c1-29(15-17-7-5-4-6-8-17)25(32)20-13-19(27-22(31)16-33-3)14-21-23(20)30(2)24(28-21)18-9-11-26-12-10-18/h4-14H,15-16H2,1-3H3,(H,27,31). The molecule has 4 rings (SSSR count). The molecule has 0 fully saturated rings. The molecule has 0 aliphatic rings. The molecule has 2 aromatic heterocycles. The largest absolute Gasteiger partial charge is 0.375 e. The summed E-state index contributed by atoms with van der Waals surface area (Å²) in [5.74, 6) is 0.224. The Labute approximate surface area is 191 Å². The average molecular weight is 444 g/mol. The maximum Gasteiger partial charge on any atom is 0.256 e. The van der Waals surface area contributed by atoms with Crippen LogP contribution in [0.4, 0.5) is 5.69 Å². The Balaban J connectivity index is 1.80. The lowest BCUT2D eigenvalue weighted by molar-refractivity contribution is -0.119. The van der Waals surface area contributed by atoms with Gasteiger partial charge in [-0.15, -0.1) is 0 Å². The first kappa shape index (κ1) is 22.2. The second kappa shape index (κ2) is 9.62. The van der Waals surface area contributed by atoms with Gasteiger partial charge in [0.25, 0.3) is 5.91 Å². The third-order valence-electron chi connectivity index (χ3n) is 5.31. The minimum absolute atomic E-state index is 0.0836. The zero-order valence-electron chi connectivity index (χ0n) is 18.8. The summed E-state index contributed by atoms with van der Waals surface area (Å²) in [5.41, 5.74) is 4.14. The number of nitrogens with one attached hydrogen (secondary N) is 1. The van der Waals surface area contributed by atoms with Crippen molar-refractivity contribution in [3.8, 4) is 11.4 Å². The lowest BCUT2D eigenvalue weighted by atomic mass is 10.1. The number of carbonyl (C=O) groups excluding carboxylic acids is 2. The average Bonchev–Trinajstić information content (AvgIpc) is 3.15. The van der Waals surface area contributed by atoms with E-state index in [1.807, 2.05) is 54.1 Å². The molecule has 0 aliphatic carbocycles. The van der Waals surface area contributed by atoms with Crippen LogP contribution < -0.4 is 5.32 Å². The van der Waals surface area contributed by atoms with Crippen molar-refractivity contribution < 1.29 is 14.3 Å². The van der Waals surface area contributed by atoms with Gasteiger partial charge in [-0.25, -0.2) is 4.98 Å². The van der Waals surface area contributed by atoms with Crippen molar-refractivity contribution in [1.29, 1.82) is 0 Å². The van der Waals surface area contributed by atoms with Crippen molar-refractivity contribution in [2.45, 2.75) is 6.54 Å². The van der Waals surface area contributed by atoms with Gasteiger partial charge < -0.3 is 19.5 Å². The number of rotatable bonds is 7. The zero-order valence-corrected chi connectivity index (χ0v) is 18.8. The first-order chi connectivity index (χ1) is 16.0. The molecule has 8 nitrogen and oxygen atoms in total. The minimum Gasteiger partial charge on any atom is -0.375 e. The fraction of sp³-hybridized carbons (Fsp3) is 0.200. The number of aryl methyl sites for hydroxylation is 1. The molecule has 2 heterocycles. The molecule has 168 valence electrons. The molecule has 8 heteroatoms. The van der Waals surface area contributed by atoms with Crippen LogP contribution in [-0.2, 0) is 23.1 Å². The first-order valence-electron chi connectivity index (χ1n) is 10.5. The minimum atomic E-state index is -0.307. The lowest BCUT2D eigenvalue weighted by Gasteiger charge is -2.19. The number of hydrogen-bond donors (Lipinski definition) is 1. The van der Waals surface area contributed by atoms with Gasteiger partial charge in [-0.1, -0.05) is 30.3 Å². The molecule has 0 aliphatic heterocycles. The van der Waals surface area contributed by atoms with E-state index < -0.39 is 0 Å². The Hall–Kier alpha value is -4.04. The number of amides is 2. The number of benzene rings is 2. The van der Waals surface area contributed by atoms with E-state index in [0.29, 0.717) is 34.7 Å². The van der Waals surface area contributed by atoms with Crippen LogP contribution in [0.5, 0.6) is 0 Å². The van der Waals surface area contributed by atoms with Gasteiger partial charge in [0.05, 0.1) is 16.6 Å². The summed E-state index contributed by atoms with van der Waals surface area (Å²) >= 11 is 0. The molecule has 2 amide bonds. The number of fused-ring (bicyclic) bond motifs is 1. The third-order valence-corrected chi connectivity index (χ3v) is 5.31. The number of nitrogens with zero attached hydrogens (tertiary/aromatic N) is 4. The summed E-state index contributed by atoms with van der Waals surface area (Å²) < 4.78 is 6.81. The number of methoxy groups -OCH3 is 1. The van der Waals surface area contributed by atoms with E-state index in [9.17, 15) is 9.59 Å². The van der Waals surface area contributed by atoms with E-state index in [2.05, 4.69) is 10.3 Å². The Kier molecular flexibility index (Phi) is 6.46. The number of ether oxygens (including phenoxy) is 1. The number of aromatic nitrogens is 3. The summed E-state index contributed by atoms with van der Waals surface area (Å²) in [6.45, 7) is 0.371. The number of carbonyl (C=O) groups is 2. The van der Waals surface area contributed by atoms with E-state index in [-0.39, 0.29) is 18.4 Å². The Morgan fingerprint density at radius 3 is 2.52 bits per heavy atom. The zero-order chi connectivity index (χ0) is 23.4. The van der Waals surface area contributed by atoms with Crippen LogP contribution in [-0.4, -0.2) is 52.0 Å². The fourth-order valence-electron chi connectivity index (χ4n) is 3.81. The molecular weight excluding hydrogens is 418 g/mol. The van der Waals surface area contributed by atoms with Crippen molar-refractivity contribution >= 4 is 28.5 Å². The third kappa shape index (κ3) is 4.75. The van der Waals surface area contributed by atoms with Crippen LogP contribution in [0.2, 0.25) is 0 Å². The molecule has 0 saturated carbocycles. The number of hydrogen-bond acceptors (Lipinski definition) is 5. The quantitative estimate of drug-likeness (QED) is 0.472. The van der Waals surface area contributed by atoms with Gasteiger partial charge in [-0.2, -0.15) is 0 Å². The van der Waals surface area contributed by atoms with Gasteiger partial charge in [-0.05, 0) is 29.8 Å². The second-order valence-corrected chi connectivity index (χ2v) is 7.75. The molecule has 0 atom stereocenters. The second-order valence-electron chi connectivity index (χ2n) is 7.75. The molecule has 0 saturated heterocycles. The van der Waals surface area contributed by atoms with Gasteiger partial charge >= 0.3 is 0 Å². The van der Waals surface area contributed by atoms with E-state index in [1.54, 1.807) is 36.5 Å². The SMILES string of the molecule is COCC(=O)Nc1cc(C(=O)N(C)Cc2ccccc2)c2c(c1)nc(-c1ccncc1)n2C. The summed E-state index contributed by atoms with van der Waals surface area (Å²) in [4.78, 5) is 36.2. The van der Waals surface area contributed by atoms with Gasteiger partial charge in [-0.3, -0.25) is 14.6 Å². The van der Waals surface area contributed by atoms with Gasteiger partial charge in [0.15, 0.2) is 0 Å². The molecule has 33 heavy (non-hydrogen) atoms. The van der Waals surface area contributed by atoms with E-state index in [4.69, 9.17) is 9.72 Å². The van der Waals surface area contributed by atoms with Crippen molar-refractivity contribution in [3.05, 3.63) is 78.1 Å². The Morgan fingerprint density at radius 2 is 1.82 bits per heavy atom. The topological polar surface area (TPSA) is 89.3 Å². The van der Waals surface area contributed by atoms with Crippen molar-refractivity contribution in [3.63, 3.8) is 0 Å². The highest BCUT2D eigenvalue weighted by Gasteiger charge is 2.22. The molecule has 0 bridgehead atoms. The van der Waals surface area contributed by atoms with Crippen LogP contribution in [0.25, 0.3) is 22.4 Å². The van der Waals surface area contributed by atoms with Crippen molar-refractivity contribution in [2.75, 3.05) is 26.1 Å². The van der Waals surface area contributed by atoms with Gasteiger partial charge in [0, 0.05) is 51.4 Å². The van der Waals surface area contributed by atoms with Gasteiger partial charge in [0.2, 0.25) is 5.91 Å². The fourth-order valence-corrected chi connectivity index (χ4v) is 3.81. The maximum atomic E-state index is 13.6. The van der Waals surface area contributed by atoms with E-state index in [1.165, 1.54) is 7.11 Å². The van der Waals surface area contributed by atoms with Crippen LogP contribution in [0, 0.1) is 0 Å².